The maximum Gasteiger partial charge on any atom is 0.126 e. The topological polar surface area (TPSA) is 73.3 Å². The number of hydrogen-bond acceptors (Lipinski definition) is 4. The van der Waals surface area contributed by atoms with Crippen molar-refractivity contribution in [1.29, 1.82) is 5.41 Å². The van der Waals surface area contributed by atoms with E-state index in [0.717, 1.165) is 34.7 Å². The van der Waals surface area contributed by atoms with E-state index < -0.39 is 0 Å². The highest BCUT2D eigenvalue weighted by atomic mass is 32.2. The lowest BCUT2D eigenvalue weighted by atomic mass is 10.1. The van der Waals surface area contributed by atoms with Gasteiger partial charge in [0, 0.05) is 23.2 Å². The first-order valence-electron chi connectivity index (χ1n) is 7.66. The molecule has 0 amide bonds. The molecule has 1 aromatic carbocycles. The maximum absolute atomic E-state index is 9.43. The minimum absolute atomic E-state index is 0.113. The number of nitrogens with one attached hydrogen (secondary N) is 1. The molecule has 0 spiro atoms. The zero-order chi connectivity index (χ0) is 15.2. The van der Waals surface area contributed by atoms with Crippen molar-refractivity contribution < 1.29 is 5.11 Å². The number of nitrogen functional groups attached to an aromatic ring is 1. The van der Waals surface area contributed by atoms with Gasteiger partial charge in [-0.05, 0) is 30.7 Å². The third kappa shape index (κ3) is 3.71. The normalized spacial score (nSPS) is 15.3. The van der Waals surface area contributed by atoms with E-state index in [4.69, 9.17) is 11.1 Å². The Morgan fingerprint density at radius 2 is 2.14 bits per heavy atom. The Labute approximate surface area is 131 Å². The lowest BCUT2D eigenvalue weighted by molar-refractivity contribution is 0.297. The van der Waals surface area contributed by atoms with E-state index in [1.807, 2.05) is 18.2 Å². The number of nitrogens with zero attached hydrogens (tertiary/aromatic N) is 1. The van der Waals surface area contributed by atoms with Gasteiger partial charge in [-0.3, -0.25) is 5.41 Å². The van der Waals surface area contributed by atoms with Crippen LogP contribution in [0.25, 0.3) is 0 Å². The molecule has 0 radical (unpaired) electrons. The number of thioether (sulfide) groups is 1. The van der Waals surface area contributed by atoms with Crippen LogP contribution < -0.4 is 10.6 Å². The molecule has 0 bridgehead atoms. The van der Waals surface area contributed by atoms with Crippen molar-refractivity contribution in [3.05, 3.63) is 23.8 Å². The van der Waals surface area contributed by atoms with E-state index in [1.54, 1.807) is 11.8 Å². The number of rotatable bonds is 7. The summed E-state index contributed by atoms with van der Waals surface area (Å²) in [5, 5.41) is 17.4. The highest BCUT2D eigenvalue weighted by Crippen LogP contribution is 2.34. The Morgan fingerprint density at radius 1 is 1.43 bits per heavy atom. The van der Waals surface area contributed by atoms with Gasteiger partial charge < -0.3 is 15.7 Å². The van der Waals surface area contributed by atoms with Crippen molar-refractivity contribution in [2.24, 2.45) is 5.73 Å². The third-order valence-electron chi connectivity index (χ3n) is 3.99. The number of anilines is 1. The van der Waals surface area contributed by atoms with Gasteiger partial charge in [0.05, 0.1) is 12.2 Å². The van der Waals surface area contributed by atoms with Crippen LogP contribution in [0.4, 0.5) is 5.69 Å². The van der Waals surface area contributed by atoms with Crippen LogP contribution >= 0.6 is 11.8 Å². The van der Waals surface area contributed by atoms with Gasteiger partial charge in [-0.15, -0.1) is 11.8 Å². The van der Waals surface area contributed by atoms with Gasteiger partial charge in [-0.1, -0.05) is 25.8 Å². The van der Waals surface area contributed by atoms with E-state index in [1.165, 1.54) is 12.8 Å². The van der Waals surface area contributed by atoms with E-state index in [9.17, 15) is 5.11 Å². The molecular weight excluding hydrogens is 282 g/mol. The van der Waals surface area contributed by atoms with Crippen LogP contribution in [-0.4, -0.2) is 35.9 Å². The molecular formula is C16H25N3OS. The average Bonchev–Trinajstić information content (AvgIpc) is 2.98. The summed E-state index contributed by atoms with van der Waals surface area (Å²) in [6.07, 6.45) is 4.79. The summed E-state index contributed by atoms with van der Waals surface area (Å²) in [7, 11) is 0. The smallest absolute Gasteiger partial charge is 0.126 e. The first kappa shape index (κ1) is 16.2. The molecule has 4 nitrogen and oxygen atoms in total. The fourth-order valence-electron chi connectivity index (χ4n) is 3.13. The Morgan fingerprint density at radius 3 is 2.71 bits per heavy atom. The molecule has 5 heteroatoms. The molecule has 0 saturated heterocycles. The van der Waals surface area contributed by atoms with Crippen LogP contribution in [-0.2, 0) is 0 Å². The van der Waals surface area contributed by atoms with Crippen LogP contribution in [0.3, 0.4) is 0 Å². The minimum Gasteiger partial charge on any atom is -0.395 e. The largest absolute Gasteiger partial charge is 0.395 e. The molecule has 1 aliphatic rings. The van der Waals surface area contributed by atoms with Crippen molar-refractivity contribution in [2.45, 2.75) is 43.5 Å². The molecule has 0 heterocycles. The quantitative estimate of drug-likeness (QED) is 0.411. The first-order chi connectivity index (χ1) is 10.2. The average molecular weight is 307 g/mol. The Hall–Kier alpha value is -1.20. The number of hydrogen-bond donors (Lipinski definition) is 3. The summed E-state index contributed by atoms with van der Waals surface area (Å²) in [5.74, 6) is 1.06. The van der Waals surface area contributed by atoms with E-state index in [0.29, 0.717) is 12.6 Å². The van der Waals surface area contributed by atoms with E-state index in [-0.39, 0.29) is 12.4 Å². The predicted octanol–water partition coefficient (Wildman–Crippen LogP) is 2.82. The summed E-state index contributed by atoms with van der Waals surface area (Å²) < 4.78 is 0. The van der Waals surface area contributed by atoms with Crippen molar-refractivity contribution in [1.82, 2.24) is 0 Å². The van der Waals surface area contributed by atoms with Crippen LogP contribution in [0.5, 0.6) is 0 Å². The highest BCUT2D eigenvalue weighted by Gasteiger charge is 2.25. The molecule has 1 aromatic rings. The monoisotopic (exact) mass is 307 g/mol. The minimum atomic E-state index is 0.113. The van der Waals surface area contributed by atoms with Gasteiger partial charge in [0.25, 0.3) is 0 Å². The van der Waals surface area contributed by atoms with E-state index in [2.05, 4.69) is 11.8 Å². The van der Waals surface area contributed by atoms with Gasteiger partial charge in [0.2, 0.25) is 0 Å². The Balaban J connectivity index is 2.42. The molecule has 0 aromatic heterocycles. The fraction of sp³-hybridized carbons (Fsp3) is 0.562. The van der Waals surface area contributed by atoms with Crippen LogP contribution in [0.1, 0.15) is 38.2 Å². The van der Waals surface area contributed by atoms with Crippen molar-refractivity contribution in [3.63, 3.8) is 0 Å². The van der Waals surface area contributed by atoms with Crippen LogP contribution in [0.15, 0.2) is 23.1 Å². The zero-order valence-corrected chi connectivity index (χ0v) is 13.5. The zero-order valence-electron chi connectivity index (χ0n) is 12.6. The van der Waals surface area contributed by atoms with Gasteiger partial charge >= 0.3 is 0 Å². The van der Waals surface area contributed by atoms with Gasteiger partial charge in [-0.25, -0.2) is 0 Å². The van der Waals surface area contributed by atoms with Crippen molar-refractivity contribution in [3.8, 4) is 0 Å². The summed E-state index contributed by atoms with van der Waals surface area (Å²) in [6, 6.07) is 6.54. The standard InChI is InChI=1S/C16H25N3OS/c1-2-21-14-9-5-8-13(15(14)16(17)18)19(10-11-20)12-6-3-4-7-12/h5,8-9,12,20H,2-4,6-7,10-11H2,1H3,(H3,17,18). The molecule has 21 heavy (non-hydrogen) atoms. The molecule has 0 aliphatic heterocycles. The number of aliphatic hydroxyl groups excluding tert-OH is 1. The van der Waals surface area contributed by atoms with Crippen molar-refractivity contribution >= 4 is 23.3 Å². The molecule has 2 rings (SSSR count). The van der Waals surface area contributed by atoms with Crippen LogP contribution in [0.2, 0.25) is 0 Å². The van der Waals surface area contributed by atoms with Gasteiger partial charge in [0.15, 0.2) is 0 Å². The highest BCUT2D eigenvalue weighted by molar-refractivity contribution is 7.99. The SMILES string of the molecule is CCSc1cccc(N(CCO)C2CCCC2)c1C(=N)N. The predicted molar refractivity (Wildman–Crippen MR) is 90.5 cm³/mol. The third-order valence-corrected chi connectivity index (χ3v) is 4.93. The number of nitrogens with two attached hydrogens (primary N) is 1. The van der Waals surface area contributed by atoms with Crippen molar-refractivity contribution in [2.75, 3.05) is 23.8 Å². The van der Waals surface area contributed by atoms with E-state index >= 15 is 0 Å². The maximum atomic E-state index is 9.43. The number of aliphatic hydroxyl groups is 1. The molecule has 4 N–H and O–H groups in total. The first-order valence-corrected chi connectivity index (χ1v) is 8.65. The Kier molecular flexibility index (Phi) is 5.94. The molecule has 1 fully saturated rings. The molecule has 0 unspecified atom stereocenters. The van der Waals surface area contributed by atoms with Gasteiger partial charge in [0.1, 0.15) is 5.84 Å². The molecule has 1 aliphatic carbocycles. The summed E-state index contributed by atoms with van der Waals surface area (Å²) in [4.78, 5) is 3.31. The molecule has 1 saturated carbocycles. The molecule has 116 valence electrons. The number of amidine groups is 1. The van der Waals surface area contributed by atoms with Crippen LogP contribution in [0, 0.1) is 5.41 Å². The second-order valence-corrected chi connectivity index (χ2v) is 6.66. The Bertz CT molecular complexity index is 486. The summed E-state index contributed by atoms with van der Waals surface area (Å²) in [5.41, 5.74) is 7.68. The molecule has 0 atom stereocenters. The lowest BCUT2D eigenvalue weighted by Crippen LogP contribution is -2.37. The summed E-state index contributed by atoms with van der Waals surface area (Å²) >= 11 is 1.71. The fourth-order valence-corrected chi connectivity index (χ4v) is 3.97. The number of benzene rings is 1. The summed E-state index contributed by atoms with van der Waals surface area (Å²) in [6.45, 7) is 2.83. The second-order valence-electron chi connectivity index (χ2n) is 5.35. The van der Waals surface area contributed by atoms with Gasteiger partial charge in [-0.2, -0.15) is 0 Å². The second kappa shape index (κ2) is 7.71. The lowest BCUT2D eigenvalue weighted by Gasteiger charge is -2.32.